The van der Waals surface area contributed by atoms with E-state index in [1.165, 1.54) is 6.33 Å². The minimum Gasteiger partial charge on any atom is -0.393 e. The number of aryl methyl sites for hydroxylation is 1. The lowest BCUT2D eigenvalue weighted by Gasteiger charge is -1.97. The fourth-order valence-corrected chi connectivity index (χ4v) is 1.10. The van der Waals surface area contributed by atoms with Gasteiger partial charge in [-0.15, -0.1) is 0 Å². The standard InChI is InChI=1S/C8H11N5O2/c1-5(14)2-3-6-11-8(13-15-6)7-9-4-10-12-7/h4-5,14H,2-3H2,1H3,(H,9,10,12). The van der Waals surface area contributed by atoms with Crippen molar-refractivity contribution in [2.75, 3.05) is 0 Å². The van der Waals surface area contributed by atoms with E-state index in [1.54, 1.807) is 6.92 Å². The Labute approximate surface area is 85.5 Å². The Balaban J connectivity index is 2.04. The van der Waals surface area contributed by atoms with E-state index in [-0.39, 0.29) is 6.10 Å². The fraction of sp³-hybridized carbons (Fsp3) is 0.500. The van der Waals surface area contributed by atoms with Gasteiger partial charge in [-0.05, 0) is 13.3 Å². The number of rotatable bonds is 4. The highest BCUT2D eigenvalue weighted by molar-refractivity contribution is 5.39. The molecule has 0 amide bonds. The quantitative estimate of drug-likeness (QED) is 0.744. The zero-order chi connectivity index (χ0) is 10.7. The van der Waals surface area contributed by atoms with Gasteiger partial charge in [0.25, 0.3) is 0 Å². The van der Waals surface area contributed by atoms with Crippen molar-refractivity contribution in [2.24, 2.45) is 0 Å². The number of aromatic amines is 1. The third-order valence-electron chi connectivity index (χ3n) is 1.87. The molecule has 0 radical (unpaired) electrons. The Morgan fingerprint density at radius 1 is 1.60 bits per heavy atom. The van der Waals surface area contributed by atoms with Gasteiger partial charge in [0.05, 0.1) is 6.10 Å². The first-order chi connectivity index (χ1) is 7.25. The van der Waals surface area contributed by atoms with Crippen LogP contribution in [-0.4, -0.2) is 36.5 Å². The number of aliphatic hydroxyl groups excluding tert-OH is 1. The maximum atomic E-state index is 9.09. The number of nitrogens with zero attached hydrogens (tertiary/aromatic N) is 4. The maximum absolute atomic E-state index is 9.09. The van der Waals surface area contributed by atoms with Crippen LogP contribution in [0.4, 0.5) is 0 Å². The van der Waals surface area contributed by atoms with Crippen LogP contribution < -0.4 is 0 Å². The number of hydrogen-bond donors (Lipinski definition) is 2. The van der Waals surface area contributed by atoms with E-state index in [1.807, 2.05) is 0 Å². The smallest absolute Gasteiger partial charge is 0.239 e. The van der Waals surface area contributed by atoms with Crippen LogP contribution in [-0.2, 0) is 6.42 Å². The molecule has 0 bridgehead atoms. The summed E-state index contributed by atoms with van der Waals surface area (Å²) in [4.78, 5) is 8.00. The molecule has 2 aromatic heterocycles. The highest BCUT2D eigenvalue weighted by Gasteiger charge is 2.11. The molecule has 0 saturated carbocycles. The predicted octanol–water partition coefficient (Wildman–Crippen LogP) is 0.168. The van der Waals surface area contributed by atoms with E-state index in [0.717, 1.165) is 0 Å². The molecule has 1 unspecified atom stereocenters. The summed E-state index contributed by atoms with van der Waals surface area (Å²) in [5, 5.41) is 19.1. The van der Waals surface area contributed by atoms with E-state index >= 15 is 0 Å². The largest absolute Gasteiger partial charge is 0.393 e. The normalized spacial score (nSPS) is 12.9. The number of aliphatic hydroxyl groups is 1. The monoisotopic (exact) mass is 209 g/mol. The summed E-state index contributed by atoms with van der Waals surface area (Å²) in [6, 6.07) is 0. The number of H-pyrrole nitrogens is 1. The van der Waals surface area contributed by atoms with Crippen LogP contribution in [0.1, 0.15) is 19.2 Å². The van der Waals surface area contributed by atoms with Gasteiger partial charge in [-0.1, -0.05) is 5.16 Å². The Morgan fingerprint density at radius 2 is 2.47 bits per heavy atom. The summed E-state index contributed by atoms with van der Waals surface area (Å²) >= 11 is 0. The Kier molecular flexibility index (Phi) is 2.72. The van der Waals surface area contributed by atoms with Gasteiger partial charge >= 0.3 is 0 Å². The number of aromatic nitrogens is 5. The highest BCUT2D eigenvalue weighted by atomic mass is 16.5. The molecule has 0 aliphatic rings. The summed E-state index contributed by atoms with van der Waals surface area (Å²) in [6.45, 7) is 1.72. The molecule has 0 aliphatic heterocycles. The van der Waals surface area contributed by atoms with E-state index in [2.05, 4.69) is 25.3 Å². The van der Waals surface area contributed by atoms with E-state index in [0.29, 0.717) is 30.4 Å². The molecule has 15 heavy (non-hydrogen) atoms. The lowest BCUT2D eigenvalue weighted by atomic mass is 10.2. The minimum atomic E-state index is -0.370. The second kappa shape index (κ2) is 4.18. The molecular weight excluding hydrogens is 198 g/mol. The van der Waals surface area contributed by atoms with Crippen LogP contribution in [0.15, 0.2) is 10.9 Å². The Morgan fingerprint density at radius 3 is 3.13 bits per heavy atom. The predicted molar refractivity (Wildman–Crippen MR) is 49.7 cm³/mol. The van der Waals surface area contributed by atoms with Crippen molar-refractivity contribution in [3.8, 4) is 11.6 Å². The van der Waals surface area contributed by atoms with Crippen molar-refractivity contribution in [2.45, 2.75) is 25.9 Å². The first kappa shape index (κ1) is 9.78. The molecule has 2 aromatic rings. The average molecular weight is 209 g/mol. The van der Waals surface area contributed by atoms with Crippen molar-refractivity contribution in [1.29, 1.82) is 0 Å². The molecule has 0 spiro atoms. The molecule has 2 heterocycles. The van der Waals surface area contributed by atoms with Gasteiger partial charge in [-0.2, -0.15) is 10.1 Å². The molecule has 2 rings (SSSR count). The van der Waals surface area contributed by atoms with Crippen LogP contribution in [0.2, 0.25) is 0 Å². The highest BCUT2D eigenvalue weighted by Crippen LogP contribution is 2.10. The molecule has 0 aliphatic carbocycles. The third kappa shape index (κ3) is 2.38. The lowest BCUT2D eigenvalue weighted by Crippen LogP contribution is -2.01. The van der Waals surface area contributed by atoms with E-state index in [9.17, 15) is 0 Å². The summed E-state index contributed by atoms with van der Waals surface area (Å²) in [6.07, 6.45) is 2.16. The second-order valence-electron chi connectivity index (χ2n) is 3.23. The van der Waals surface area contributed by atoms with E-state index < -0.39 is 0 Å². The summed E-state index contributed by atoms with van der Waals surface area (Å²) in [7, 11) is 0. The van der Waals surface area contributed by atoms with Gasteiger partial charge in [-0.3, -0.25) is 5.10 Å². The second-order valence-corrected chi connectivity index (χ2v) is 3.23. The molecular formula is C8H11N5O2. The van der Waals surface area contributed by atoms with Gasteiger partial charge in [0.2, 0.25) is 11.7 Å². The number of hydrogen-bond acceptors (Lipinski definition) is 6. The average Bonchev–Trinajstić information content (AvgIpc) is 2.85. The molecule has 0 aromatic carbocycles. The van der Waals surface area contributed by atoms with Crippen molar-refractivity contribution < 1.29 is 9.63 Å². The Bertz CT molecular complexity index is 408. The first-order valence-corrected chi connectivity index (χ1v) is 4.62. The van der Waals surface area contributed by atoms with Crippen LogP contribution in [0.3, 0.4) is 0 Å². The van der Waals surface area contributed by atoms with Gasteiger partial charge in [0, 0.05) is 6.42 Å². The SMILES string of the molecule is CC(O)CCc1nc(-c2ncn[nH]2)no1. The zero-order valence-electron chi connectivity index (χ0n) is 8.21. The zero-order valence-corrected chi connectivity index (χ0v) is 8.21. The topological polar surface area (TPSA) is 101 Å². The van der Waals surface area contributed by atoms with Crippen molar-refractivity contribution >= 4 is 0 Å². The van der Waals surface area contributed by atoms with Crippen molar-refractivity contribution in [3.63, 3.8) is 0 Å². The Hall–Kier alpha value is -1.76. The molecule has 1 atom stereocenters. The van der Waals surface area contributed by atoms with Gasteiger partial charge in [0.1, 0.15) is 6.33 Å². The summed E-state index contributed by atoms with van der Waals surface area (Å²) in [5.41, 5.74) is 0. The van der Waals surface area contributed by atoms with Crippen LogP contribution >= 0.6 is 0 Å². The van der Waals surface area contributed by atoms with Crippen LogP contribution in [0.5, 0.6) is 0 Å². The molecule has 7 heteroatoms. The third-order valence-corrected chi connectivity index (χ3v) is 1.87. The van der Waals surface area contributed by atoms with Gasteiger partial charge in [-0.25, -0.2) is 4.98 Å². The van der Waals surface area contributed by atoms with Crippen molar-refractivity contribution in [3.05, 3.63) is 12.2 Å². The fourth-order valence-electron chi connectivity index (χ4n) is 1.10. The molecule has 80 valence electrons. The number of nitrogens with one attached hydrogen (secondary N) is 1. The first-order valence-electron chi connectivity index (χ1n) is 4.62. The maximum Gasteiger partial charge on any atom is 0.239 e. The minimum absolute atomic E-state index is 0.370. The van der Waals surface area contributed by atoms with E-state index in [4.69, 9.17) is 9.63 Å². The summed E-state index contributed by atoms with van der Waals surface area (Å²) in [5.74, 6) is 1.34. The van der Waals surface area contributed by atoms with Gasteiger partial charge < -0.3 is 9.63 Å². The molecule has 0 fully saturated rings. The molecule has 2 N–H and O–H groups in total. The summed E-state index contributed by atoms with van der Waals surface area (Å²) < 4.78 is 4.98. The van der Waals surface area contributed by atoms with Crippen molar-refractivity contribution in [1.82, 2.24) is 25.3 Å². The van der Waals surface area contributed by atoms with Crippen LogP contribution in [0.25, 0.3) is 11.6 Å². The van der Waals surface area contributed by atoms with Gasteiger partial charge in [0.15, 0.2) is 5.82 Å². The lowest BCUT2D eigenvalue weighted by molar-refractivity contribution is 0.180. The molecule has 0 saturated heterocycles. The molecule has 7 nitrogen and oxygen atoms in total. The van der Waals surface area contributed by atoms with Crippen LogP contribution in [0, 0.1) is 0 Å².